The maximum absolute atomic E-state index is 4.58. The number of nitrogens with zero attached hydrogens (tertiary/aromatic N) is 2. The second kappa shape index (κ2) is 5.91. The van der Waals surface area contributed by atoms with Gasteiger partial charge in [-0.3, -0.25) is 4.68 Å². The molecule has 0 saturated carbocycles. The molecule has 19 heavy (non-hydrogen) atoms. The lowest BCUT2D eigenvalue weighted by atomic mass is 10.1. The fourth-order valence-corrected chi connectivity index (χ4v) is 2.38. The zero-order valence-corrected chi connectivity index (χ0v) is 12.3. The number of hydrogen-bond acceptors (Lipinski definition) is 2. The molecule has 3 heteroatoms. The Bertz CT molecular complexity index is 535. The van der Waals surface area contributed by atoms with E-state index in [2.05, 4.69) is 67.1 Å². The van der Waals surface area contributed by atoms with Gasteiger partial charge >= 0.3 is 0 Å². The first-order chi connectivity index (χ1) is 9.15. The molecule has 0 atom stereocenters. The second-order valence-corrected chi connectivity index (χ2v) is 4.92. The van der Waals surface area contributed by atoms with Gasteiger partial charge in [0.25, 0.3) is 0 Å². The third-order valence-corrected chi connectivity index (χ3v) is 3.50. The third-order valence-electron chi connectivity index (χ3n) is 3.50. The lowest BCUT2D eigenvalue weighted by molar-refractivity contribution is 0.619. The summed E-state index contributed by atoms with van der Waals surface area (Å²) < 4.78 is 2.08. The monoisotopic (exact) mass is 257 g/mol. The predicted molar refractivity (Wildman–Crippen MR) is 80.5 cm³/mol. The Balaban J connectivity index is 2.16. The molecule has 0 aliphatic rings. The zero-order valence-electron chi connectivity index (χ0n) is 12.3. The predicted octanol–water partition coefficient (Wildman–Crippen LogP) is 3.69. The van der Waals surface area contributed by atoms with Crippen LogP contribution in [0.5, 0.6) is 0 Å². The van der Waals surface area contributed by atoms with Gasteiger partial charge in [0, 0.05) is 12.2 Å². The van der Waals surface area contributed by atoms with Crippen LogP contribution in [0.4, 0.5) is 5.69 Å². The van der Waals surface area contributed by atoms with Gasteiger partial charge in [-0.05, 0) is 44.4 Å². The number of aryl methyl sites for hydroxylation is 4. The van der Waals surface area contributed by atoms with E-state index in [4.69, 9.17) is 0 Å². The van der Waals surface area contributed by atoms with Gasteiger partial charge in [0.05, 0.1) is 17.9 Å². The molecule has 0 aliphatic carbocycles. The van der Waals surface area contributed by atoms with E-state index < -0.39 is 0 Å². The molecule has 0 saturated heterocycles. The fourth-order valence-electron chi connectivity index (χ4n) is 2.38. The Morgan fingerprint density at radius 3 is 2.42 bits per heavy atom. The van der Waals surface area contributed by atoms with Crippen molar-refractivity contribution in [2.75, 3.05) is 5.32 Å². The van der Waals surface area contributed by atoms with Crippen LogP contribution in [0.25, 0.3) is 0 Å². The van der Waals surface area contributed by atoms with Gasteiger partial charge in [0.15, 0.2) is 0 Å². The molecule has 0 unspecified atom stereocenters. The second-order valence-electron chi connectivity index (χ2n) is 4.92. The summed E-state index contributed by atoms with van der Waals surface area (Å²) in [7, 11) is 0. The summed E-state index contributed by atoms with van der Waals surface area (Å²) in [6.07, 6.45) is 0.989. The third kappa shape index (κ3) is 2.98. The Hall–Kier alpha value is -1.77. The van der Waals surface area contributed by atoms with Gasteiger partial charge in [0.1, 0.15) is 0 Å². The van der Waals surface area contributed by atoms with E-state index in [1.807, 2.05) is 0 Å². The first-order valence-corrected chi connectivity index (χ1v) is 7.01. The van der Waals surface area contributed by atoms with Crippen molar-refractivity contribution >= 4 is 5.69 Å². The van der Waals surface area contributed by atoms with Crippen molar-refractivity contribution in [1.82, 2.24) is 9.78 Å². The van der Waals surface area contributed by atoms with Crippen molar-refractivity contribution in [3.05, 3.63) is 46.8 Å². The van der Waals surface area contributed by atoms with Crippen LogP contribution in [-0.4, -0.2) is 9.78 Å². The molecule has 2 aromatic rings. The van der Waals surface area contributed by atoms with E-state index in [-0.39, 0.29) is 0 Å². The highest BCUT2D eigenvalue weighted by molar-refractivity contribution is 5.56. The van der Waals surface area contributed by atoms with Crippen LogP contribution in [0.1, 0.15) is 36.4 Å². The topological polar surface area (TPSA) is 29.9 Å². The summed E-state index contributed by atoms with van der Waals surface area (Å²) >= 11 is 0. The van der Waals surface area contributed by atoms with Crippen LogP contribution in [0.2, 0.25) is 0 Å². The smallest absolute Gasteiger partial charge is 0.0625 e. The van der Waals surface area contributed by atoms with Crippen molar-refractivity contribution in [1.29, 1.82) is 0 Å². The summed E-state index contributed by atoms with van der Waals surface area (Å²) in [5.74, 6) is 0. The van der Waals surface area contributed by atoms with Gasteiger partial charge in [0.2, 0.25) is 0 Å². The Kier molecular flexibility index (Phi) is 4.25. The van der Waals surface area contributed by atoms with Gasteiger partial charge in [-0.15, -0.1) is 0 Å². The van der Waals surface area contributed by atoms with Crippen LogP contribution in [-0.2, 0) is 19.5 Å². The lowest BCUT2D eigenvalue weighted by Gasteiger charge is -2.13. The van der Waals surface area contributed by atoms with Crippen LogP contribution < -0.4 is 5.32 Å². The Labute approximate surface area is 115 Å². The number of benzene rings is 1. The van der Waals surface area contributed by atoms with Crippen molar-refractivity contribution in [3.8, 4) is 0 Å². The summed E-state index contributed by atoms with van der Waals surface area (Å²) in [6, 6.07) is 8.58. The number of para-hydroxylation sites is 1. The molecule has 0 bridgehead atoms. The first-order valence-electron chi connectivity index (χ1n) is 7.01. The molecule has 0 amide bonds. The average molecular weight is 257 g/mol. The summed E-state index contributed by atoms with van der Waals surface area (Å²) in [5, 5.41) is 8.13. The highest BCUT2D eigenvalue weighted by atomic mass is 15.3. The lowest BCUT2D eigenvalue weighted by Crippen LogP contribution is -2.09. The molecule has 0 spiro atoms. The van der Waals surface area contributed by atoms with E-state index in [0.717, 1.165) is 19.5 Å². The van der Waals surface area contributed by atoms with E-state index in [1.54, 1.807) is 0 Å². The summed E-state index contributed by atoms with van der Waals surface area (Å²) in [4.78, 5) is 0. The van der Waals surface area contributed by atoms with Crippen LogP contribution >= 0.6 is 0 Å². The minimum Gasteiger partial charge on any atom is -0.379 e. The fraction of sp³-hybridized carbons (Fsp3) is 0.438. The van der Waals surface area contributed by atoms with Crippen molar-refractivity contribution in [3.63, 3.8) is 0 Å². The van der Waals surface area contributed by atoms with E-state index in [0.29, 0.717) is 0 Å². The molecule has 1 heterocycles. The molecule has 1 N–H and O–H groups in total. The first kappa shape index (κ1) is 13.7. The number of nitrogens with one attached hydrogen (secondary N) is 1. The summed E-state index contributed by atoms with van der Waals surface area (Å²) in [6.45, 7) is 10.3. The molecule has 0 aliphatic heterocycles. The van der Waals surface area contributed by atoms with E-state index in [9.17, 15) is 0 Å². The quantitative estimate of drug-likeness (QED) is 0.885. The number of hydrogen-bond donors (Lipinski definition) is 1. The van der Waals surface area contributed by atoms with E-state index in [1.165, 1.54) is 28.2 Å². The largest absolute Gasteiger partial charge is 0.379 e. The highest BCUT2D eigenvalue weighted by Crippen LogP contribution is 2.20. The molecular formula is C16H23N3. The normalized spacial score (nSPS) is 10.7. The maximum Gasteiger partial charge on any atom is 0.0625 e. The summed E-state index contributed by atoms with van der Waals surface area (Å²) in [5.41, 5.74) is 6.24. The van der Waals surface area contributed by atoms with Gasteiger partial charge in [-0.2, -0.15) is 5.10 Å². The molecule has 2 rings (SSSR count). The SMILES string of the molecule is CCc1cc(CNc2c(C)cccc2C)n(CC)n1. The minimum atomic E-state index is 0.826. The average Bonchev–Trinajstić information content (AvgIpc) is 2.80. The van der Waals surface area contributed by atoms with Gasteiger partial charge in [-0.25, -0.2) is 0 Å². The molecule has 1 aromatic carbocycles. The van der Waals surface area contributed by atoms with Crippen LogP contribution in [0.15, 0.2) is 24.3 Å². The van der Waals surface area contributed by atoms with Crippen molar-refractivity contribution in [2.45, 2.75) is 47.2 Å². The Morgan fingerprint density at radius 1 is 1.16 bits per heavy atom. The molecule has 1 aromatic heterocycles. The number of rotatable bonds is 5. The van der Waals surface area contributed by atoms with E-state index >= 15 is 0 Å². The molecule has 102 valence electrons. The highest BCUT2D eigenvalue weighted by Gasteiger charge is 2.07. The van der Waals surface area contributed by atoms with Crippen molar-refractivity contribution in [2.24, 2.45) is 0 Å². The van der Waals surface area contributed by atoms with Crippen LogP contribution in [0.3, 0.4) is 0 Å². The minimum absolute atomic E-state index is 0.826. The number of aromatic nitrogens is 2. The molecular weight excluding hydrogens is 234 g/mol. The maximum atomic E-state index is 4.58. The van der Waals surface area contributed by atoms with Crippen molar-refractivity contribution < 1.29 is 0 Å². The van der Waals surface area contributed by atoms with Gasteiger partial charge in [-0.1, -0.05) is 25.1 Å². The Morgan fingerprint density at radius 2 is 1.84 bits per heavy atom. The number of anilines is 1. The molecule has 0 fully saturated rings. The molecule has 0 radical (unpaired) electrons. The van der Waals surface area contributed by atoms with Gasteiger partial charge < -0.3 is 5.32 Å². The molecule has 3 nitrogen and oxygen atoms in total. The zero-order chi connectivity index (χ0) is 13.8. The van der Waals surface area contributed by atoms with Crippen LogP contribution in [0, 0.1) is 13.8 Å². The standard InChI is InChI=1S/C16H23N3/c1-5-14-10-15(19(6-2)18-14)11-17-16-12(3)8-7-9-13(16)4/h7-10,17H,5-6,11H2,1-4H3.